The van der Waals surface area contributed by atoms with E-state index < -0.39 is 9.84 Å². The van der Waals surface area contributed by atoms with Crippen LogP contribution in [0.3, 0.4) is 0 Å². The van der Waals surface area contributed by atoms with E-state index in [2.05, 4.69) is 15.3 Å². The highest BCUT2D eigenvalue weighted by Gasteiger charge is 2.29. The predicted molar refractivity (Wildman–Crippen MR) is 97.9 cm³/mol. The summed E-state index contributed by atoms with van der Waals surface area (Å²) in [5.74, 6) is 1.82. The van der Waals surface area contributed by atoms with Crippen molar-refractivity contribution in [2.75, 3.05) is 11.5 Å². The molecule has 3 heterocycles. The molecule has 9 heteroatoms. The lowest BCUT2D eigenvalue weighted by Crippen LogP contribution is -2.07. The summed E-state index contributed by atoms with van der Waals surface area (Å²) in [6.45, 7) is 0. The van der Waals surface area contributed by atoms with Crippen LogP contribution in [0.1, 0.15) is 17.9 Å². The maximum absolute atomic E-state index is 11.5. The molecule has 26 heavy (non-hydrogen) atoms. The van der Waals surface area contributed by atoms with Gasteiger partial charge in [0.2, 0.25) is 5.89 Å². The maximum Gasteiger partial charge on any atom is 0.276 e. The first-order chi connectivity index (χ1) is 12.6. The number of hydrogen-bond donors (Lipinski definition) is 0. The summed E-state index contributed by atoms with van der Waals surface area (Å²) in [7, 11) is -2.88. The summed E-state index contributed by atoms with van der Waals surface area (Å²) >= 11 is 1.47. The standard InChI is InChI=1S/C17H18N4O3S2/c22-26(23)9-6-14(12-26)10-16-19-20-17(24-16)25-11-13-2-4-15(5-3-13)21-8-1-7-18-21/h1-5,7-8,14H,6,9-12H2. The van der Waals surface area contributed by atoms with Gasteiger partial charge in [0, 0.05) is 24.6 Å². The highest BCUT2D eigenvalue weighted by Crippen LogP contribution is 2.25. The van der Waals surface area contributed by atoms with Crippen molar-refractivity contribution in [3.8, 4) is 5.69 Å². The van der Waals surface area contributed by atoms with Crippen LogP contribution in [0.15, 0.2) is 52.4 Å². The van der Waals surface area contributed by atoms with E-state index >= 15 is 0 Å². The predicted octanol–water partition coefficient (Wildman–Crippen LogP) is 2.52. The van der Waals surface area contributed by atoms with Crippen molar-refractivity contribution in [1.82, 2.24) is 20.0 Å². The van der Waals surface area contributed by atoms with Crippen LogP contribution in [0.5, 0.6) is 0 Å². The van der Waals surface area contributed by atoms with E-state index in [0.29, 0.717) is 24.0 Å². The molecule has 1 aliphatic heterocycles. The number of nitrogens with zero attached hydrogens (tertiary/aromatic N) is 4. The van der Waals surface area contributed by atoms with Crippen molar-refractivity contribution in [3.63, 3.8) is 0 Å². The third-order valence-electron chi connectivity index (χ3n) is 4.31. The molecule has 0 N–H and O–H groups in total. The lowest BCUT2D eigenvalue weighted by atomic mass is 10.1. The number of sulfone groups is 1. The minimum atomic E-state index is -2.88. The van der Waals surface area contributed by atoms with Gasteiger partial charge in [0.05, 0.1) is 17.2 Å². The maximum atomic E-state index is 11.5. The normalized spacial score (nSPS) is 19.0. The Labute approximate surface area is 155 Å². The lowest BCUT2D eigenvalue weighted by molar-refractivity contribution is 0.389. The largest absolute Gasteiger partial charge is 0.416 e. The van der Waals surface area contributed by atoms with Crippen molar-refractivity contribution in [2.24, 2.45) is 5.92 Å². The Morgan fingerprint density at radius 1 is 1.23 bits per heavy atom. The zero-order valence-electron chi connectivity index (χ0n) is 14.0. The van der Waals surface area contributed by atoms with Crippen molar-refractivity contribution < 1.29 is 12.8 Å². The Morgan fingerprint density at radius 3 is 2.77 bits per heavy atom. The molecule has 1 saturated heterocycles. The molecule has 7 nitrogen and oxygen atoms in total. The van der Waals surface area contributed by atoms with Gasteiger partial charge in [0.25, 0.3) is 5.22 Å². The van der Waals surface area contributed by atoms with Gasteiger partial charge in [-0.2, -0.15) is 5.10 Å². The van der Waals surface area contributed by atoms with E-state index in [9.17, 15) is 8.42 Å². The Morgan fingerprint density at radius 2 is 2.08 bits per heavy atom. The molecule has 1 unspecified atom stereocenters. The lowest BCUT2D eigenvalue weighted by Gasteiger charge is -2.03. The molecule has 1 aromatic carbocycles. The van der Waals surface area contributed by atoms with E-state index in [1.807, 2.05) is 41.2 Å². The summed E-state index contributed by atoms with van der Waals surface area (Å²) in [4.78, 5) is 0. The van der Waals surface area contributed by atoms with Gasteiger partial charge < -0.3 is 4.42 Å². The number of thioether (sulfide) groups is 1. The molecule has 0 aliphatic carbocycles. The van der Waals surface area contributed by atoms with Crippen LogP contribution in [0.4, 0.5) is 0 Å². The van der Waals surface area contributed by atoms with Gasteiger partial charge >= 0.3 is 0 Å². The first-order valence-corrected chi connectivity index (χ1v) is 11.1. The van der Waals surface area contributed by atoms with E-state index in [4.69, 9.17) is 4.42 Å². The monoisotopic (exact) mass is 390 g/mol. The topological polar surface area (TPSA) is 90.9 Å². The fourth-order valence-corrected chi connectivity index (χ4v) is 5.57. The Hall–Kier alpha value is -2.13. The minimum absolute atomic E-state index is 0.0909. The highest BCUT2D eigenvalue weighted by atomic mass is 32.2. The molecule has 0 amide bonds. The summed E-state index contributed by atoms with van der Waals surface area (Å²) in [6.07, 6.45) is 4.86. The molecule has 4 rings (SSSR count). The SMILES string of the molecule is O=S1(=O)CCC(Cc2nnc(SCc3ccc(-n4cccn4)cc3)o2)C1. The van der Waals surface area contributed by atoms with Crippen LogP contribution >= 0.6 is 11.8 Å². The number of aromatic nitrogens is 4. The van der Waals surface area contributed by atoms with Gasteiger partial charge in [-0.1, -0.05) is 23.9 Å². The molecule has 1 aliphatic rings. The van der Waals surface area contributed by atoms with Crippen molar-refractivity contribution in [3.05, 3.63) is 54.2 Å². The van der Waals surface area contributed by atoms with Gasteiger partial charge in [-0.05, 0) is 36.1 Å². The quantitative estimate of drug-likeness (QED) is 0.597. The van der Waals surface area contributed by atoms with Crippen molar-refractivity contribution in [2.45, 2.75) is 23.8 Å². The molecule has 2 aromatic heterocycles. The van der Waals surface area contributed by atoms with Crippen molar-refractivity contribution in [1.29, 1.82) is 0 Å². The third kappa shape index (κ3) is 4.16. The molecule has 3 aromatic rings. The first kappa shape index (κ1) is 17.3. The van der Waals surface area contributed by atoms with Gasteiger partial charge in [0.15, 0.2) is 9.84 Å². The molecule has 0 bridgehead atoms. The number of hydrogen-bond acceptors (Lipinski definition) is 7. The second kappa shape index (κ2) is 7.24. The molecule has 0 saturated carbocycles. The molecule has 0 spiro atoms. The van der Waals surface area contributed by atoms with E-state index in [1.165, 1.54) is 11.8 Å². The number of benzene rings is 1. The van der Waals surface area contributed by atoms with Crippen molar-refractivity contribution >= 4 is 21.6 Å². The Balaban J connectivity index is 1.32. The van der Waals surface area contributed by atoms with Crippen LogP contribution in [0.2, 0.25) is 0 Å². The van der Waals surface area contributed by atoms with Gasteiger partial charge in [-0.25, -0.2) is 13.1 Å². The summed E-state index contributed by atoms with van der Waals surface area (Å²) in [6, 6.07) is 10.0. The van der Waals surface area contributed by atoms with Crippen LogP contribution in [-0.4, -0.2) is 39.9 Å². The molecule has 1 atom stereocenters. The second-order valence-corrected chi connectivity index (χ2v) is 9.50. The summed E-state index contributed by atoms with van der Waals surface area (Å²) in [5, 5.41) is 12.8. The average molecular weight is 390 g/mol. The van der Waals surface area contributed by atoms with Crippen LogP contribution in [-0.2, 0) is 22.0 Å². The average Bonchev–Trinajstić information content (AvgIpc) is 3.36. The van der Waals surface area contributed by atoms with E-state index in [0.717, 1.165) is 17.0 Å². The molecule has 136 valence electrons. The smallest absolute Gasteiger partial charge is 0.276 e. The van der Waals surface area contributed by atoms with Crippen LogP contribution in [0, 0.1) is 5.92 Å². The molecular weight excluding hydrogens is 372 g/mol. The van der Waals surface area contributed by atoms with E-state index in [1.54, 1.807) is 6.20 Å². The zero-order valence-corrected chi connectivity index (χ0v) is 15.6. The molecule has 1 fully saturated rings. The molecule has 0 radical (unpaired) electrons. The number of rotatable bonds is 6. The van der Waals surface area contributed by atoms with Gasteiger partial charge in [-0.15, -0.1) is 10.2 Å². The fraction of sp³-hybridized carbons (Fsp3) is 0.353. The third-order valence-corrected chi connectivity index (χ3v) is 7.03. The summed E-state index contributed by atoms with van der Waals surface area (Å²) < 4.78 is 30.5. The van der Waals surface area contributed by atoms with Crippen LogP contribution in [0.25, 0.3) is 5.69 Å². The molecular formula is C17H18N4O3S2. The minimum Gasteiger partial charge on any atom is -0.416 e. The van der Waals surface area contributed by atoms with Crippen LogP contribution < -0.4 is 0 Å². The van der Waals surface area contributed by atoms with Gasteiger partial charge in [0.1, 0.15) is 0 Å². The Bertz CT molecular complexity index is 966. The Kier molecular flexibility index (Phi) is 4.82. The van der Waals surface area contributed by atoms with Gasteiger partial charge in [-0.3, -0.25) is 0 Å². The summed E-state index contributed by atoms with van der Waals surface area (Å²) in [5.41, 5.74) is 2.16. The second-order valence-electron chi connectivity index (χ2n) is 6.34. The van der Waals surface area contributed by atoms with E-state index in [-0.39, 0.29) is 17.4 Å². The zero-order chi connectivity index (χ0) is 18.0. The first-order valence-electron chi connectivity index (χ1n) is 8.32. The fourth-order valence-electron chi connectivity index (χ4n) is 2.97. The highest BCUT2D eigenvalue weighted by molar-refractivity contribution is 7.98.